The van der Waals surface area contributed by atoms with Crippen molar-refractivity contribution in [2.75, 3.05) is 26.7 Å². The molecule has 31 heavy (non-hydrogen) atoms. The Kier molecular flexibility index (Phi) is 4.88. The van der Waals surface area contributed by atoms with Crippen LogP contribution in [-0.4, -0.2) is 59.5 Å². The minimum absolute atomic E-state index is 0.0420. The van der Waals surface area contributed by atoms with Crippen LogP contribution in [0.3, 0.4) is 0 Å². The average Bonchev–Trinajstić information content (AvgIpc) is 3.27. The molecule has 0 saturated carbocycles. The first-order valence-corrected chi connectivity index (χ1v) is 10.2. The topological polar surface area (TPSA) is 87.3 Å². The highest BCUT2D eigenvalue weighted by Crippen LogP contribution is 2.30. The number of morpholine rings is 1. The summed E-state index contributed by atoms with van der Waals surface area (Å²) < 4.78 is 5.49. The van der Waals surface area contributed by atoms with E-state index in [1.54, 1.807) is 18.3 Å². The third-order valence-corrected chi connectivity index (χ3v) is 5.71. The van der Waals surface area contributed by atoms with E-state index in [0.717, 1.165) is 32.9 Å². The molecule has 1 fully saturated rings. The molecule has 0 spiro atoms. The van der Waals surface area contributed by atoms with Gasteiger partial charge < -0.3 is 19.9 Å². The van der Waals surface area contributed by atoms with E-state index in [0.29, 0.717) is 18.7 Å². The lowest BCUT2D eigenvalue weighted by Crippen LogP contribution is -2.48. The van der Waals surface area contributed by atoms with Crippen molar-refractivity contribution in [2.24, 2.45) is 0 Å². The van der Waals surface area contributed by atoms with Crippen LogP contribution in [0.2, 0.25) is 0 Å². The first kappa shape index (κ1) is 19.3. The lowest BCUT2D eigenvalue weighted by molar-refractivity contribution is -0.146. The average molecular weight is 414 g/mol. The van der Waals surface area contributed by atoms with Crippen LogP contribution in [0.4, 0.5) is 0 Å². The molecule has 4 aromatic rings. The second-order valence-electron chi connectivity index (χ2n) is 7.79. The zero-order valence-electron chi connectivity index (χ0n) is 17.1. The van der Waals surface area contributed by atoms with E-state index in [1.165, 1.54) is 0 Å². The fourth-order valence-corrected chi connectivity index (χ4v) is 3.97. The Balaban J connectivity index is 1.36. The van der Waals surface area contributed by atoms with Crippen molar-refractivity contribution in [3.05, 3.63) is 66.5 Å². The van der Waals surface area contributed by atoms with Gasteiger partial charge in [0.05, 0.1) is 23.5 Å². The number of carbonyl (C=O) groups excluding carboxylic acids is 2. The summed E-state index contributed by atoms with van der Waals surface area (Å²) in [6, 6.07) is 18.0. The second kappa shape index (κ2) is 7.85. The molecule has 1 aliphatic heterocycles. The normalized spacial score (nSPS) is 16.7. The van der Waals surface area contributed by atoms with Crippen LogP contribution in [0.1, 0.15) is 10.4 Å². The number of imidazole rings is 1. The Labute approximate surface area is 179 Å². The number of nitrogens with one attached hydrogen (secondary N) is 2. The van der Waals surface area contributed by atoms with Gasteiger partial charge >= 0.3 is 0 Å². The molecule has 2 N–H and O–H groups in total. The van der Waals surface area contributed by atoms with Gasteiger partial charge in [0.1, 0.15) is 6.61 Å². The van der Waals surface area contributed by atoms with Gasteiger partial charge in [-0.15, -0.1) is 0 Å². The van der Waals surface area contributed by atoms with Gasteiger partial charge in [-0.25, -0.2) is 4.98 Å². The summed E-state index contributed by atoms with van der Waals surface area (Å²) in [5, 5.41) is 4.99. The second-order valence-corrected chi connectivity index (χ2v) is 7.79. The standard InChI is InChI=1S/C24H22N4O3/c1-28-12-18(31-13-23(28)29)11-25-24(30)17-5-7-20-15(9-17)3-2-4-19(20)16-6-8-21-22(10-16)27-14-26-21/h2-10,14,18H,11-13H2,1H3,(H,25,30)(H,26,27). The lowest BCUT2D eigenvalue weighted by Gasteiger charge is -2.29. The van der Waals surface area contributed by atoms with Crippen LogP contribution in [0.15, 0.2) is 60.9 Å². The van der Waals surface area contributed by atoms with Crippen molar-refractivity contribution in [1.82, 2.24) is 20.2 Å². The van der Waals surface area contributed by atoms with Crippen LogP contribution in [0, 0.1) is 0 Å². The van der Waals surface area contributed by atoms with E-state index >= 15 is 0 Å². The Morgan fingerprint density at radius 2 is 2.13 bits per heavy atom. The molecule has 7 nitrogen and oxygen atoms in total. The van der Waals surface area contributed by atoms with Crippen LogP contribution in [0.5, 0.6) is 0 Å². The number of benzene rings is 3. The van der Waals surface area contributed by atoms with Gasteiger partial charge in [-0.05, 0) is 46.2 Å². The maximum absolute atomic E-state index is 12.7. The van der Waals surface area contributed by atoms with E-state index in [2.05, 4.69) is 33.5 Å². The summed E-state index contributed by atoms with van der Waals surface area (Å²) >= 11 is 0. The highest BCUT2D eigenvalue weighted by Gasteiger charge is 2.23. The van der Waals surface area contributed by atoms with Crippen molar-refractivity contribution in [3.63, 3.8) is 0 Å². The van der Waals surface area contributed by atoms with Gasteiger partial charge in [-0.1, -0.05) is 30.3 Å². The Morgan fingerprint density at radius 1 is 1.23 bits per heavy atom. The number of fused-ring (bicyclic) bond motifs is 2. The van der Waals surface area contributed by atoms with E-state index in [9.17, 15) is 9.59 Å². The summed E-state index contributed by atoms with van der Waals surface area (Å²) in [4.78, 5) is 33.3. The summed E-state index contributed by atoms with van der Waals surface area (Å²) in [6.45, 7) is 0.889. The van der Waals surface area contributed by atoms with Gasteiger partial charge in [0.15, 0.2) is 0 Å². The quantitative estimate of drug-likeness (QED) is 0.538. The molecule has 156 valence electrons. The molecule has 2 amide bonds. The largest absolute Gasteiger partial charge is 0.365 e. The highest BCUT2D eigenvalue weighted by atomic mass is 16.5. The molecule has 1 saturated heterocycles. The number of hydrogen-bond donors (Lipinski definition) is 2. The van der Waals surface area contributed by atoms with Crippen molar-refractivity contribution < 1.29 is 14.3 Å². The molecule has 3 aromatic carbocycles. The fourth-order valence-electron chi connectivity index (χ4n) is 3.97. The molecule has 1 atom stereocenters. The monoisotopic (exact) mass is 414 g/mol. The van der Waals surface area contributed by atoms with Crippen molar-refractivity contribution in [3.8, 4) is 11.1 Å². The number of ether oxygens (including phenoxy) is 1. The number of rotatable bonds is 4. The molecule has 0 radical (unpaired) electrons. The number of likely N-dealkylation sites (N-methyl/N-ethyl adjacent to an activating group) is 1. The van der Waals surface area contributed by atoms with Gasteiger partial charge in [0.2, 0.25) is 5.91 Å². The number of aromatic amines is 1. The smallest absolute Gasteiger partial charge is 0.251 e. The summed E-state index contributed by atoms with van der Waals surface area (Å²) in [5.41, 5.74) is 4.70. The maximum atomic E-state index is 12.7. The molecule has 0 bridgehead atoms. The SMILES string of the molecule is CN1CC(CNC(=O)c2ccc3c(-c4ccc5nc[nH]c5c4)cccc3c2)OCC1=O. The Morgan fingerprint density at radius 3 is 3.00 bits per heavy atom. The third kappa shape index (κ3) is 3.75. The Hall–Kier alpha value is -3.71. The third-order valence-electron chi connectivity index (χ3n) is 5.71. The van der Waals surface area contributed by atoms with Crippen LogP contribution in [0.25, 0.3) is 32.9 Å². The highest BCUT2D eigenvalue weighted by molar-refractivity contribution is 6.03. The predicted octanol–water partition coefficient (Wildman–Crippen LogP) is 2.97. The first-order valence-electron chi connectivity index (χ1n) is 10.2. The van der Waals surface area contributed by atoms with Crippen LogP contribution >= 0.6 is 0 Å². The zero-order chi connectivity index (χ0) is 21.4. The molecule has 1 aromatic heterocycles. The molecular formula is C24H22N4O3. The molecule has 5 rings (SSSR count). The molecule has 1 aliphatic rings. The Bertz CT molecular complexity index is 1300. The fraction of sp³-hybridized carbons (Fsp3) is 0.208. The molecule has 1 unspecified atom stereocenters. The maximum Gasteiger partial charge on any atom is 0.251 e. The number of H-pyrrole nitrogens is 1. The number of carbonyl (C=O) groups is 2. The summed E-state index contributed by atoms with van der Waals surface area (Å²) in [5.74, 6) is -0.200. The molecule has 0 aliphatic carbocycles. The van der Waals surface area contributed by atoms with E-state index in [-0.39, 0.29) is 24.5 Å². The van der Waals surface area contributed by atoms with E-state index < -0.39 is 0 Å². The van der Waals surface area contributed by atoms with Crippen LogP contribution in [-0.2, 0) is 9.53 Å². The van der Waals surface area contributed by atoms with E-state index in [1.807, 2.05) is 36.4 Å². The minimum atomic E-state index is -0.198. The lowest BCUT2D eigenvalue weighted by atomic mass is 9.96. The van der Waals surface area contributed by atoms with Gasteiger partial charge in [0, 0.05) is 25.7 Å². The van der Waals surface area contributed by atoms with Crippen molar-refractivity contribution in [1.29, 1.82) is 0 Å². The molecular weight excluding hydrogens is 392 g/mol. The molecule has 7 heteroatoms. The minimum Gasteiger partial charge on any atom is -0.365 e. The van der Waals surface area contributed by atoms with Crippen LogP contribution < -0.4 is 5.32 Å². The molecule has 2 heterocycles. The number of nitrogens with zero attached hydrogens (tertiary/aromatic N) is 2. The predicted molar refractivity (Wildman–Crippen MR) is 119 cm³/mol. The number of amides is 2. The van der Waals surface area contributed by atoms with Crippen molar-refractivity contribution in [2.45, 2.75) is 6.10 Å². The zero-order valence-corrected chi connectivity index (χ0v) is 17.1. The number of aromatic nitrogens is 2. The van der Waals surface area contributed by atoms with Gasteiger partial charge in [0.25, 0.3) is 5.91 Å². The van der Waals surface area contributed by atoms with E-state index in [4.69, 9.17) is 4.74 Å². The summed E-state index contributed by atoms with van der Waals surface area (Å²) in [7, 11) is 1.74. The summed E-state index contributed by atoms with van der Waals surface area (Å²) in [6.07, 6.45) is 1.49. The van der Waals surface area contributed by atoms with Gasteiger partial charge in [-0.2, -0.15) is 0 Å². The first-order chi connectivity index (χ1) is 15.1. The van der Waals surface area contributed by atoms with Gasteiger partial charge in [-0.3, -0.25) is 9.59 Å². The van der Waals surface area contributed by atoms with Crippen molar-refractivity contribution >= 4 is 33.6 Å². The number of hydrogen-bond acceptors (Lipinski definition) is 4.